The molecule has 0 aromatic heterocycles. The fraction of sp³-hybridized carbons (Fsp3) is 1.00. The molecule has 0 aliphatic carbocycles. The largest absolute Gasteiger partial charge is 0.383 e. The normalized spacial score (nSPS) is 14.5. The van der Waals surface area contributed by atoms with Gasteiger partial charge in [0.05, 0.1) is 12.0 Å². The monoisotopic (exact) mass is 108 g/mol. The zero-order chi connectivity index (χ0) is 4.99. The molecule has 1 atom stereocenters. The second-order valence-electron chi connectivity index (χ2n) is 1.24. The number of hydrogen-bond acceptors (Lipinski definition) is 1. The lowest BCUT2D eigenvalue weighted by atomic mass is 10.5. The van der Waals surface area contributed by atoms with Gasteiger partial charge in [0, 0.05) is 7.11 Å². The minimum atomic E-state index is 0.148. The van der Waals surface area contributed by atoms with Crippen molar-refractivity contribution in [1.82, 2.24) is 0 Å². The molecule has 0 unspecified atom stereocenters. The molecule has 0 fully saturated rings. The zero-order valence-electron chi connectivity index (χ0n) is 4.07. The molecule has 0 spiro atoms. The lowest BCUT2D eigenvalue weighted by Gasteiger charge is -1.95. The van der Waals surface area contributed by atoms with Gasteiger partial charge in [-0.1, -0.05) is 0 Å². The Hall–Kier alpha value is 0.250. The van der Waals surface area contributed by atoms with Gasteiger partial charge < -0.3 is 4.74 Å². The molecule has 0 aromatic rings. The van der Waals surface area contributed by atoms with Crippen LogP contribution in [0.3, 0.4) is 0 Å². The van der Waals surface area contributed by atoms with E-state index < -0.39 is 0 Å². The topological polar surface area (TPSA) is 9.23 Å². The van der Waals surface area contributed by atoms with Crippen LogP contribution in [-0.4, -0.2) is 19.1 Å². The maximum absolute atomic E-state index is 5.45. The van der Waals surface area contributed by atoms with Crippen molar-refractivity contribution in [3.63, 3.8) is 0 Å². The number of rotatable bonds is 2. The molecule has 38 valence electrons. The van der Waals surface area contributed by atoms with Crippen LogP contribution in [0.4, 0.5) is 0 Å². The van der Waals surface area contributed by atoms with Gasteiger partial charge in [-0.25, -0.2) is 0 Å². The summed E-state index contributed by atoms with van der Waals surface area (Å²) in [5.74, 6) is 0. The van der Waals surface area contributed by atoms with Crippen LogP contribution in [0.25, 0.3) is 0 Å². The van der Waals surface area contributed by atoms with Crippen molar-refractivity contribution in [3.05, 3.63) is 0 Å². The summed E-state index contributed by atoms with van der Waals surface area (Å²) in [6.07, 6.45) is 0. The Morgan fingerprint density at radius 1 is 1.83 bits per heavy atom. The van der Waals surface area contributed by atoms with E-state index in [1.807, 2.05) is 6.92 Å². The van der Waals surface area contributed by atoms with E-state index in [0.29, 0.717) is 6.61 Å². The summed E-state index contributed by atoms with van der Waals surface area (Å²) in [7, 11) is 1.64. The lowest BCUT2D eigenvalue weighted by molar-refractivity contribution is 0.201. The molecule has 1 nitrogen and oxygen atoms in total. The van der Waals surface area contributed by atoms with Crippen LogP contribution in [-0.2, 0) is 4.74 Å². The molecule has 0 heterocycles. The van der Waals surface area contributed by atoms with Crippen LogP contribution >= 0.6 is 11.6 Å². The first kappa shape index (κ1) is 6.25. The van der Waals surface area contributed by atoms with Gasteiger partial charge in [-0.15, -0.1) is 11.6 Å². The van der Waals surface area contributed by atoms with Crippen molar-refractivity contribution in [3.8, 4) is 0 Å². The molecular formula is C4H9ClO. The highest BCUT2D eigenvalue weighted by Gasteiger charge is 1.88. The van der Waals surface area contributed by atoms with Crippen molar-refractivity contribution in [2.24, 2.45) is 0 Å². The van der Waals surface area contributed by atoms with Gasteiger partial charge in [-0.2, -0.15) is 0 Å². The summed E-state index contributed by atoms with van der Waals surface area (Å²) in [5, 5.41) is 0.148. The molecule has 0 aliphatic rings. The number of halogens is 1. The highest BCUT2D eigenvalue weighted by atomic mass is 35.5. The Balaban J connectivity index is 2.63. The molecule has 0 aromatic carbocycles. The van der Waals surface area contributed by atoms with Gasteiger partial charge in [0.15, 0.2) is 0 Å². The molecule has 0 amide bonds. The van der Waals surface area contributed by atoms with Crippen LogP contribution in [0, 0.1) is 0 Å². The SMILES string of the molecule is COC[C@@H](C)Cl. The highest BCUT2D eigenvalue weighted by Crippen LogP contribution is 1.90. The van der Waals surface area contributed by atoms with E-state index in [9.17, 15) is 0 Å². The summed E-state index contributed by atoms with van der Waals surface area (Å²) < 4.78 is 4.67. The zero-order valence-corrected chi connectivity index (χ0v) is 4.83. The van der Waals surface area contributed by atoms with Crippen LogP contribution in [0.1, 0.15) is 6.92 Å². The molecule has 0 N–H and O–H groups in total. The van der Waals surface area contributed by atoms with Gasteiger partial charge in [-0.3, -0.25) is 0 Å². The van der Waals surface area contributed by atoms with Gasteiger partial charge in [0.2, 0.25) is 0 Å². The first-order chi connectivity index (χ1) is 2.77. The standard InChI is InChI=1S/C4H9ClO/c1-4(5)3-6-2/h4H,3H2,1-2H3/t4-/m1/s1. The molecule has 0 bridgehead atoms. The third-order valence-corrected chi connectivity index (χ3v) is 0.522. The summed E-state index contributed by atoms with van der Waals surface area (Å²) >= 11 is 5.45. The van der Waals surface area contributed by atoms with Gasteiger partial charge in [-0.05, 0) is 6.92 Å². The fourth-order valence-electron chi connectivity index (χ4n) is 0.230. The number of methoxy groups -OCH3 is 1. The number of alkyl halides is 1. The minimum Gasteiger partial charge on any atom is -0.383 e. The molecule has 0 aliphatic heterocycles. The third-order valence-electron chi connectivity index (χ3n) is 0.396. The van der Waals surface area contributed by atoms with E-state index in [4.69, 9.17) is 11.6 Å². The lowest BCUT2D eigenvalue weighted by Crippen LogP contribution is -1.99. The molecule has 0 saturated carbocycles. The summed E-state index contributed by atoms with van der Waals surface area (Å²) in [5.41, 5.74) is 0. The Bertz CT molecular complexity index is 28.7. The quantitative estimate of drug-likeness (QED) is 0.484. The predicted molar refractivity (Wildman–Crippen MR) is 27.2 cm³/mol. The van der Waals surface area contributed by atoms with Crippen LogP contribution in [0.5, 0.6) is 0 Å². The average molecular weight is 109 g/mol. The minimum absolute atomic E-state index is 0.148. The van der Waals surface area contributed by atoms with Crippen LogP contribution in [0.2, 0.25) is 0 Å². The second-order valence-corrected chi connectivity index (χ2v) is 1.98. The Morgan fingerprint density at radius 2 is 2.33 bits per heavy atom. The van der Waals surface area contributed by atoms with E-state index in [2.05, 4.69) is 4.74 Å². The maximum Gasteiger partial charge on any atom is 0.0623 e. The Kier molecular flexibility index (Phi) is 3.58. The molecule has 0 rings (SSSR count). The Labute approximate surface area is 43.3 Å². The number of hydrogen-bond donors (Lipinski definition) is 0. The average Bonchev–Trinajstić information content (AvgIpc) is 1.35. The van der Waals surface area contributed by atoms with Gasteiger partial charge >= 0.3 is 0 Å². The third kappa shape index (κ3) is 4.25. The summed E-state index contributed by atoms with van der Waals surface area (Å²) in [6, 6.07) is 0. The van der Waals surface area contributed by atoms with E-state index in [-0.39, 0.29) is 5.38 Å². The first-order valence-corrected chi connectivity index (χ1v) is 2.34. The molecule has 2 heteroatoms. The van der Waals surface area contributed by atoms with Gasteiger partial charge in [0.1, 0.15) is 0 Å². The van der Waals surface area contributed by atoms with Crippen LogP contribution < -0.4 is 0 Å². The van der Waals surface area contributed by atoms with E-state index in [1.54, 1.807) is 7.11 Å². The van der Waals surface area contributed by atoms with Crippen molar-refractivity contribution in [2.75, 3.05) is 13.7 Å². The summed E-state index contributed by atoms with van der Waals surface area (Å²) in [4.78, 5) is 0. The van der Waals surface area contributed by atoms with Crippen molar-refractivity contribution in [2.45, 2.75) is 12.3 Å². The van der Waals surface area contributed by atoms with Crippen molar-refractivity contribution in [1.29, 1.82) is 0 Å². The van der Waals surface area contributed by atoms with Crippen molar-refractivity contribution >= 4 is 11.6 Å². The Morgan fingerprint density at radius 3 is 2.33 bits per heavy atom. The van der Waals surface area contributed by atoms with Gasteiger partial charge in [0.25, 0.3) is 0 Å². The number of ether oxygens (including phenoxy) is 1. The van der Waals surface area contributed by atoms with E-state index in [1.165, 1.54) is 0 Å². The van der Waals surface area contributed by atoms with E-state index in [0.717, 1.165) is 0 Å². The highest BCUT2D eigenvalue weighted by molar-refractivity contribution is 6.20. The molecule has 0 saturated heterocycles. The van der Waals surface area contributed by atoms with E-state index >= 15 is 0 Å². The maximum atomic E-state index is 5.45. The molecule has 6 heavy (non-hydrogen) atoms. The fourth-order valence-corrected chi connectivity index (χ4v) is 0.356. The van der Waals surface area contributed by atoms with Crippen LogP contribution in [0.15, 0.2) is 0 Å². The smallest absolute Gasteiger partial charge is 0.0623 e. The summed E-state index contributed by atoms with van der Waals surface area (Å²) in [6.45, 7) is 2.53. The second kappa shape index (κ2) is 3.44. The predicted octanol–water partition coefficient (Wildman–Crippen LogP) is 1.26. The molecule has 0 radical (unpaired) electrons. The first-order valence-electron chi connectivity index (χ1n) is 1.90. The van der Waals surface area contributed by atoms with Crippen molar-refractivity contribution < 1.29 is 4.74 Å². The molecular weight excluding hydrogens is 99.5 g/mol.